The number of halogens is 3. The van der Waals surface area contributed by atoms with Gasteiger partial charge in [0.15, 0.2) is 5.82 Å². The number of hydrogen-bond acceptors (Lipinski definition) is 2. The number of nitrogens with zero attached hydrogens (tertiary/aromatic N) is 1. The van der Waals surface area contributed by atoms with Gasteiger partial charge in [0.1, 0.15) is 0 Å². The Labute approximate surface area is 113 Å². The highest BCUT2D eigenvalue weighted by Gasteiger charge is 2.30. The molecule has 0 aliphatic carbocycles. The third kappa shape index (κ3) is 2.28. The SMILES string of the molecule is CC1CN(c2cc(Cl)c(F)c(Cl)c2)C(=O)NC1=O. The van der Waals surface area contributed by atoms with Crippen LogP contribution in [0.4, 0.5) is 14.9 Å². The van der Waals surface area contributed by atoms with Gasteiger partial charge in [-0.15, -0.1) is 0 Å². The molecule has 0 aromatic heterocycles. The fraction of sp³-hybridized carbons (Fsp3) is 0.273. The first kappa shape index (κ1) is 13.1. The smallest absolute Gasteiger partial charge is 0.293 e. The number of imide groups is 1. The molecule has 0 spiro atoms. The minimum absolute atomic E-state index is 0.171. The van der Waals surface area contributed by atoms with Crippen molar-refractivity contribution in [2.75, 3.05) is 11.4 Å². The lowest BCUT2D eigenvalue weighted by Gasteiger charge is -2.30. The Balaban J connectivity index is 2.37. The van der Waals surface area contributed by atoms with E-state index in [-0.39, 0.29) is 28.4 Å². The lowest BCUT2D eigenvalue weighted by molar-refractivity contribution is -0.123. The summed E-state index contributed by atoms with van der Waals surface area (Å²) in [6.45, 7) is 1.88. The van der Waals surface area contributed by atoms with Crippen LogP contribution in [-0.4, -0.2) is 18.5 Å². The molecule has 3 amide bonds. The zero-order valence-corrected chi connectivity index (χ0v) is 10.8. The first-order valence-corrected chi connectivity index (χ1v) is 5.92. The molecule has 1 unspecified atom stereocenters. The normalized spacial score (nSPS) is 20.0. The standard InChI is InChI=1S/C11H9Cl2FN2O2/c1-5-4-16(11(18)15-10(5)17)6-2-7(12)9(14)8(13)3-6/h2-3,5H,4H2,1H3,(H,15,17,18). The van der Waals surface area contributed by atoms with Crippen LogP contribution >= 0.6 is 23.2 Å². The molecule has 1 saturated heterocycles. The largest absolute Gasteiger partial charge is 0.328 e. The molecule has 18 heavy (non-hydrogen) atoms. The number of hydrogen-bond donors (Lipinski definition) is 1. The summed E-state index contributed by atoms with van der Waals surface area (Å²) in [5.74, 6) is -1.43. The Morgan fingerprint density at radius 2 is 1.89 bits per heavy atom. The molecule has 1 aromatic carbocycles. The molecule has 0 saturated carbocycles. The summed E-state index contributed by atoms with van der Waals surface area (Å²) in [4.78, 5) is 24.3. The number of anilines is 1. The van der Waals surface area contributed by atoms with Crippen LogP contribution < -0.4 is 10.2 Å². The van der Waals surface area contributed by atoms with E-state index in [1.807, 2.05) is 0 Å². The summed E-state index contributed by atoms with van der Waals surface area (Å²) in [6, 6.07) is 2.02. The summed E-state index contributed by atoms with van der Waals surface area (Å²) in [5, 5.41) is 1.86. The van der Waals surface area contributed by atoms with Gasteiger partial charge in [-0.05, 0) is 12.1 Å². The lowest BCUT2D eigenvalue weighted by Crippen LogP contribution is -2.53. The van der Waals surface area contributed by atoms with E-state index in [2.05, 4.69) is 5.32 Å². The molecule has 1 aromatic rings. The van der Waals surface area contributed by atoms with Gasteiger partial charge in [0, 0.05) is 12.2 Å². The van der Waals surface area contributed by atoms with Gasteiger partial charge in [0.25, 0.3) is 0 Å². The molecular weight excluding hydrogens is 282 g/mol. The topological polar surface area (TPSA) is 49.4 Å². The van der Waals surface area contributed by atoms with Gasteiger partial charge in [-0.25, -0.2) is 9.18 Å². The van der Waals surface area contributed by atoms with E-state index < -0.39 is 11.8 Å². The molecule has 1 fully saturated rings. The molecule has 4 nitrogen and oxygen atoms in total. The van der Waals surface area contributed by atoms with Crippen molar-refractivity contribution < 1.29 is 14.0 Å². The fourth-order valence-electron chi connectivity index (χ4n) is 1.66. The number of urea groups is 1. The molecule has 1 N–H and O–H groups in total. The quantitative estimate of drug-likeness (QED) is 0.809. The van der Waals surface area contributed by atoms with Crippen molar-refractivity contribution in [3.05, 3.63) is 28.0 Å². The maximum absolute atomic E-state index is 13.3. The van der Waals surface area contributed by atoms with Crippen LogP contribution in [0.2, 0.25) is 10.0 Å². The van der Waals surface area contributed by atoms with Crippen LogP contribution in [0.15, 0.2) is 12.1 Å². The highest BCUT2D eigenvalue weighted by molar-refractivity contribution is 6.35. The lowest BCUT2D eigenvalue weighted by atomic mass is 10.1. The second kappa shape index (κ2) is 4.74. The Hall–Kier alpha value is -1.33. The van der Waals surface area contributed by atoms with Crippen molar-refractivity contribution in [1.82, 2.24) is 5.32 Å². The van der Waals surface area contributed by atoms with Crippen LogP contribution in [0.5, 0.6) is 0 Å². The van der Waals surface area contributed by atoms with E-state index in [9.17, 15) is 14.0 Å². The minimum atomic E-state index is -0.733. The highest BCUT2D eigenvalue weighted by Crippen LogP contribution is 2.30. The van der Waals surface area contributed by atoms with Gasteiger partial charge >= 0.3 is 6.03 Å². The van der Waals surface area contributed by atoms with E-state index in [4.69, 9.17) is 23.2 Å². The zero-order chi connectivity index (χ0) is 13.4. The van der Waals surface area contributed by atoms with Crippen LogP contribution in [0, 0.1) is 11.7 Å². The third-order valence-electron chi connectivity index (χ3n) is 2.66. The number of amides is 3. The van der Waals surface area contributed by atoms with E-state index in [0.29, 0.717) is 5.69 Å². The van der Waals surface area contributed by atoms with Crippen molar-refractivity contribution >= 4 is 40.8 Å². The average molecular weight is 291 g/mol. The summed E-state index contributed by atoms with van der Waals surface area (Å²) in [6.07, 6.45) is 0. The molecule has 1 aliphatic rings. The number of benzene rings is 1. The second-order valence-corrected chi connectivity index (χ2v) is 4.84. The zero-order valence-electron chi connectivity index (χ0n) is 9.34. The van der Waals surface area contributed by atoms with Gasteiger partial charge in [0.2, 0.25) is 5.91 Å². The number of nitrogens with one attached hydrogen (secondary N) is 1. The van der Waals surface area contributed by atoms with Crippen molar-refractivity contribution in [2.45, 2.75) is 6.92 Å². The van der Waals surface area contributed by atoms with Crippen molar-refractivity contribution in [3.63, 3.8) is 0 Å². The van der Waals surface area contributed by atoms with Crippen molar-refractivity contribution in [1.29, 1.82) is 0 Å². The van der Waals surface area contributed by atoms with Crippen LogP contribution in [0.3, 0.4) is 0 Å². The number of carbonyl (C=O) groups excluding carboxylic acids is 2. The predicted octanol–water partition coefficient (Wildman–Crippen LogP) is 2.82. The van der Waals surface area contributed by atoms with Gasteiger partial charge in [-0.3, -0.25) is 15.0 Å². The molecule has 1 heterocycles. The third-order valence-corrected chi connectivity index (χ3v) is 3.21. The van der Waals surface area contributed by atoms with Crippen LogP contribution in [0.1, 0.15) is 6.92 Å². The van der Waals surface area contributed by atoms with Crippen molar-refractivity contribution in [3.8, 4) is 0 Å². The second-order valence-electron chi connectivity index (χ2n) is 4.03. The Kier molecular flexibility index (Phi) is 3.45. The number of rotatable bonds is 1. The average Bonchev–Trinajstić information content (AvgIpc) is 2.30. The Morgan fingerprint density at radius 3 is 2.44 bits per heavy atom. The van der Waals surface area contributed by atoms with E-state index in [1.165, 1.54) is 17.0 Å². The highest BCUT2D eigenvalue weighted by atomic mass is 35.5. The van der Waals surface area contributed by atoms with Crippen LogP contribution in [-0.2, 0) is 4.79 Å². The fourth-order valence-corrected chi connectivity index (χ4v) is 2.13. The predicted molar refractivity (Wildman–Crippen MR) is 66.5 cm³/mol. The van der Waals surface area contributed by atoms with Crippen molar-refractivity contribution in [2.24, 2.45) is 5.92 Å². The first-order valence-electron chi connectivity index (χ1n) is 5.17. The Morgan fingerprint density at radius 1 is 1.33 bits per heavy atom. The van der Waals surface area contributed by atoms with E-state index >= 15 is 0 Å². The van der Waals surface area contributed by atoms with Gasteiger partial charge < -0.3 is 0 Å². The van der Waals surface area contributed by atoms with E-state index in [0.717, 1.165) is 0 Å². The molecule has 0 radical (unpaired) electrons. The maximum atomic E-state index is 13.3. The molecular formula is C11H9Cl2FN2O2. The Bertz CT molecular complexity index is 513. The van der Waals surface area contributed by atoms with Gasteiger partial charge in [-0.2, -0.15) is 0 Å². The van der Waals surface area contributed by atoms with Gasteiger partial charge in [0.05, 0.1) is 16.0 Å². The summed E-state index contributed by atoms with van der Waals surface area (Å²) < 4.78 is 13.3. The molecule has 0 bridgehead atoms. The molecule has 2 rings (SSSR count). The summed E-state index contributed by atoms with van der Waals surface area (Å²) in [7, 11) is 0. The van der Waals surface area contributed by atoms with Crippen LogP contribution in [0.25, 0.3) is 0 Å². The molecule has 96 valence electrons. The molecule has 1 aliphatic heterocycles. The van der Waals surface area contributed by atoms with Gasteiger partial charge in [-0.1, -0.05) is 30.1 Å². The minimum Gasteiger partial charge on any atom is -0.293 e. The molecule has 1 atom stereocenters. The summed E-state index contributed by atoms with van der Waals surface area (Å²) >= 11 is 11.3. The number of carbonyl (C=O) groups is 2. The van der Waals surface area contributed by atoms with E-state index in [1.54, 1.807) is 6.92 Å². The first-order chi connectivity index (χ1) is 8.40. The maximum Gasteiger partial charge on any atom is 0.328 e. The monoisotopic (exact) mass is 290 g/mol. The summed E-state index contributed by atoms with van der Waals surface area (Å²) in [5.41, 5.74) is 0.350. The molecule has 7 heteroatoms.